The number of rotatable bonds is 8. The largest absolute Gasteiger partial charge is 0.452 e. The minimum Gasteiger partial charge on any atom is -0.452 e. The lowest BCUT2D eigenvalue weighted by Gasteiger charge is -2.40. The Hall–Kier alpha value is -1.12. The summed E-state index contributed by atoms with van der Waals surface area (Å²) in [6.45, 7) is 0. The zero-order valence-corrected chi connectivity index (χ0v) is 15.5. The quantitative estimate of drug-likeness (QED) is 0.519. The van der Waals surface area contributed by atoms with Crippen molar-refractivity contribution in [2.45, 2.75) is 12.5 Å². The molecule has 1 rings (SSSR count). The van der Waals surface area contributed by atoms with Gasteiger partial charge in [0.1, 0.15) is 5.75 Å². The third-order valence-electron chi connectivity index (χ3n) is 3.13. The summed E-state index contributed by atoms with van der Waals surface area (Å²) in [6.07, 6.45) is -7.22. The molecule has 0 amide bonds. The number of para-hydroxylation sites is 1. The van der Waals surface area contributed by atoms with Crippen LogP contribution < -0.4 is 4.74 Å². The Kier molecular flexibility index (Phi) is 7.25. The summed E-state index contributed by atoms with van der Waals surface area (Å²) in [5.74, 6) is -0.0258. The van der Waals surface area contributed by atoms with E-state index in [0.717, 1.165) is 0 Å². The Labute approximate surface area is 140 Å². The van der Waals surface area contributed by atoms with E-state index in [1.807, 2.05) is 0 Å². The van der Waals surface area contributed by atoms with E-state index in [4.69, 9.17) is 0 Å². The lowest BCUT2D eigenvalue weighted by Crippen LogP contribution is -2.37. The summed E-state index contributed by atoms with van der Waals surface area (Å²) in [6, 6.07) is 7.50. The first-order chi connectivity index (χ1) is 11.0. The first kappa shape index (κ1) is 20.9. The highest BCUT2D eigenvalue weighted by Crippen LogP contribution is 2.55. The molecule has 0 saturated carbocycles. The number of alkyl halides is 3. The summed E-state index contributed by atoms with van der Waals surface area (Å²) in [5.41, 5.74) is 0. The second kappa shape index (κ2) is 8.31. The van der Waals surface area contributed by atoms with Gasteiger partial charge in [-0.1, -0.05) is 18.2 Å². The van der Waals surface area contributed by atoms with Crippen LogP contribution in [0.4, 0.5) is 13.2 Å². The second-order valence-electron chi connectivity index (χ2n) is 5.56. The molecule has 24 heavy (non-hydrogen) atoms. The monoisotopic (exact) mass is 368 g/mol. The third kappa shape index (κ3) is 4.70. The van der Waals surface area contributed by atoms with Crippen molar-refractivity contribution >= 4 is 7.51 Å². The highest BCUT2D eigenvalue weighted by atomic mass is 31.2. The van der Waals surface area contributed by atoms with Crippen molar-refractivity contribution in [3.8, 4) is 5.75 Å². The van der Waals surface area contributed by atoms with Gasteiger partial charge < -0.3 is 4.74 Å². The maximum absolute atomic E-state index is 14.0. The van der Waals surface area contributed by atoms with Crippen LogP contribution in [-0.2, 0) is 4.84 Å². The van der Waals surface area contributed by atoms with Gasteiger partial charge in [0.2, 0.25) is 0 Å². The highest BCUT2D eigenvalue weighted by molar-refractivity contribution is 7.58. The number of hydrogen-bond donors (Lipinski definition) is 0. The van der Waals surface area contributed by atoms with Gasteiger partial charge in [0.15, 0.2) is 7.51 Å². The fourth-order valence-electron chi connectivity index (χ4n) is 2.13. The van der Waals surface area contributed by atoms with Crippen LogP contribution in [0.3, 0.4) is 0 Å². The van der Waals surface area contributed by atoms with Gasteiger partial charge in [-0.2, -0.15) is 18.0 Å². The molecule has 0 aliphatic heterocycles. The fraction of sp³-hybridized carbons (Fsp3) is 0.571. The number of benzene rings is 1. The van der Waals surface area contributed by atoms with E-state index in [9.17, 15) is 13.2 Å². The molecule has 0 radical (unpaired) electrons. The van der Waals surface area contributed by atoms with E-state index in [1.54, 1.807) is 74.5 Å². The summed E-state index contributed by atoms with van der Waals surface area (Å²) >= 11 is 0. The van der Waals surface area contributed by atoms with E-state index in [-0.39, 0.29) is 5.75 Å². The highest BCUT2D eigenvalue weighted by Gasteiger charge is 2.46. The van der Waals surface area contributed by atoms with Crippen LogP contribution in [0.15, 0.2) is 35.2 Å². The van der Waals surface area contributed by atoms with Gasteiger partial charge in [-0.3, -0.25) is 14.0 Å². The van der Waals surface area contributed by atoms with Gasteiger partial charge in [-0.15, -0.1) is 4.91 Å². The molecular formula is C14H24F3N4O2P. The number of halogens is 3. The number of nitrogens with zero attached hydrogens (tertiary/aromatic N) is 4. The van der Waals surface area contributed by atoms with Crippen LogP contribution in [0.1, 0.15) is 0 Å². The van der Waals surface area contributed by atoms with Gasteiger partial charge in [0.05, 0.1) is 0 Å². The third-order valence-corrected chi connectivity index (χ3v) is 6.65. The minimum atomic E-state index is -4.23. The molecule has 1 atom stereocenters. The van der Waals surface area contributed by atoms with Crippen molar-refractivity contribution in [2.75, 3.05) is 42.3 Å². The first-order valence-corrected chi connectivity index (χ1v) is 8.71. The molecule has 1 aromatic carbocycles. The first-order valence-electron chi connectivity index (χ1n) is 7.11. The molecule has 138 valence electrons. The Morgan fingerprint density at radius 1 is 0.958 bits per heavy atom. The normalized spacial score (nSPS) is 14.3. The van der Waals surface area contributed by atoms with Crippen molar-refractivity contribution < 1.29 is 22.7 Å². The molecule has 1 unspecified atom stereocenters. The average molecular weight is 368 g/mol. The zero-order chi connectivity index (χ0) is 18.5. The predicted octanol–water partition coefficient (Wildman–Crippen LogP) is 3.52. The molecule has 0 aliphatic rings. The van der Waals surface area contributed by atoms with Crippen molar-refractivity contribution in [1.29, 1.82) is 0 Å². The van der Waals surface area contributed by atoms with Gasteiger partial charge in [0, 0.05) is 0 Å². The SMILES string of the molecule is CN(C)P(=NOC(F)(F)C(F)Oc1ccccc1)(N(C)C)N(C)C. The summed E-state index contributed by atoms with van der Waals surface area (Å²) in [7, 11) is 7.39. The van der Waals surface area contributed by atoms with Gasteiger partial charge in [0.25, 0.3) is 0 Å². The van der Waals surface area contributed by atoms with E-state index in [0.29, 0.717) is 0 Å². The van der Waals surface area contributed by atoms with Crippen molar-refractivity contribution in [3.05, 3.63) is 30.3 Å². The maximum Gasteiger partial charge on any atom is 0.445 e. The molecule has 0 fully saturated rings. The lowest BCUT2D eigenvalue weighted by molar-refractivity contribution is -0.311. The molecule has 0 heterocycles. The van der Waals surface area contributed by atoms with Crippen LogP contribution in [0, 0.1) is 0 Å². The predicted molar refractivity (Wildman–Crippen MR) is 88.4 cm³/mol. The van der Waals surface area contributed by atoms with Crippen LogP contribution >= 0.6 is 7.51 Å². The number of hydrogen-bond acceptors (Lipinski definition) is 3. The topological polar surface area (TPSA) is 40.5 Å². The maximum atomic E-state index is 14.0. The molecule has 0 spiro atoms. The molecule has 0 aliphatic carbocycles. The van der Waals surface area contributed by atoms with Crippen LogP contribution in [-0.4, -0.2) is 68.8 Å². The van der Waals surface area contributed by atoms with E-state index >= 15 is 0 Å². The van der Waals surface area contributed by atoms with Gasteiger partial charge in [-0.05, 0) is 54.4 Å². The van der Waals surface area contributed by atoms with Crippen LogP contribution in [0.5, 0.6) is 5.75 Å². The molecule has 0 saturated heterocycles. The second-order valence-corrected chi connectivity index (χ2v) is 9.20. The Balaban J connectivity index is 3.02. The van der Waals surface area contributed by atoms with Crippen LogP contribution in [0.2, 0.25) is 0 Å². The average Bonchev–Trinajstić information content (AvgIpc) is 2.47. The Bertz CT molecular complexity index is 542. The molecule has 1 aromatic rings. The molecular weight excluding hydrogens is 344 g/mol. The van der Waals surface area contributed by atoms with Gasteiger partial charge in [-0.25, -0.2) is 0 Å². The standard InChI is InChI=1S/C14H24F3N4O2P/c1-19(2)24(20(3)4,21(5)6)18-23-14(16,17)13(15)22-12-10-8-7-9-11-12/h7-11,13H,1-6H3. The van der Waals surface area contributed by atoms with E-state index < -0.39 is 20.0 Å². The summed E-state index contributed by atoms with van der Waals surface area (Å²) in [4.78, 5) is 8.04. The van der Waals surface area contributed by atoms with Crippen molar-refractivity contribution in [1.82, 2.24) is 14.0 Å². The van der Waals surface area contributed by atoms with E-state index in [2.05, 4.69) is 14.5 Å². The summed E-state index contributed by atoms with van der Waals surface area (Å²) < 4.78 is 51.4. The smallest absolute Gasteiger partial charge is 0.445 e. The molecule has 0 N–H and O–H groups in total. The molecule has 0 aromatic heterocycles. The lowest BCUT2D eigenvalue weighted by atomic mass is 10.3. The zero-order valence-electron chi connectivity index (χ0n) is 14.7. The summed E-state index contributed by atoms with van der Waals surface area (Å²) in [5, 5.41) is 0. The van der Waals surface area contributed by atoms with Gasteiger partial charge >= 0.3 is 12.5 Å². The Morgan fingerprint density at radius 2 is 1.42 bits per heavy atom. The van der Waals surface area contributed by atoms with Crippen molar-refractivity contribution in [2.24, 2.45) is 4.91 Å². The Morgan fingerprint density at radius 3 is 1.83 bits per heavy atom. The minimum absolute atomic E-state index is 0.0258. The fourth-order valence-corrected chi connectivity index (χ4v) is 4.93. The molecule has 6 nitrogen and oxygen atoms in total. The molecule has 0 bridgehead atoms. The molecule has 10 heteroatoms. The number of ether oxygens (including phenoxy) is 1. The van der Waals surface area contributed by atoms with E-state index in [1.165, 1.54) is 12.1 Å². The van der Waals surface area contributed by atoms with Crippen LogP contribution in [0.25, 0.3) is 0 Å². The van der Waals surface area contributed by atoms with Crippen molar-refractivity contribution in [3.63, 3.8) is 0 Å².